The van der Waals surface area contributed by atoms with Crippen LogP contribution in [0.5, 0.6) is 0 Å². The molecule has 106 valence electrons. The van der Waals surface area contributed by atoms with Crippen LogP contribution in [0, 0.1) is 0 Å². The van der Waals surface area contributed by atoms with Crippen LogP contribution in [0.2, 0.25) is 0 Å². The third kappa shape index (κ3) is 4.19. The zero-order valence-corrected chi connectivity index (χ0v) is 11.9. The van der Waals surface area contributed by atoms with Gasteiger partial charge in [0.2, 0.25) is 0 Å². The van der Waals surface area contributed by atoms with Gasteiger partial charge in [0.1, 0.15) is 6.61 Å². The summed E-state index contributed by atoms with van der Waals surface area (Å²) < 4.78 is 15.3. The number of hydrogen-bond acceptors (Lipinski definition) is 5. The molecule has 5 nitrogen and oxygen atoms in total. The maximum absolute atomic E-state index is 11.8. The second-order valence-electron chi connectivity index (χ2n) is 4.26. The highest BCUT2D eigenvalue weighted by atomic mass is 32.1. The largest absolute Gasteiger partial charge is 0.447 e. The van der Waals surface area contributed by atoms with Crippen molar-refractivity contribution in [1.82, 2.24) is 4.90 Å². The van der Waals surface area contributed by atoms with Gasteiger partial charge in [-0.1, -0.05) is 0 Å². The summed E-state index contributed by atoms with van der Waals surface area (Å²) in [6, 6.07) is 2.13. The van der Waals surface area contributed by atoms with Gasteiger partial charge in [0.25, 0.3) is 0 Å². The van der Waals surface area contributed by atoms with Crippen LogP contribution in [0.15, 0.2) is 11.4 Å². The van der Waals surface area contributed by atoms with Crippen LogP contribution in [0.1, 0.15) is 10.4 Å². The van der Waals surface area contributed by atoms with Gasteiger partial charge in [-0.3, -0.25) is 0 Å². The number of ether oxygens (including phenoxy) is 3. The SMILES string of the molecule is COCCOCCOC(=O)N1CCc2ccsc2C1. The third-order valence-corrected chi connectivity index (χ3v) is 3.91. The molecule has 0 aromatic carbocycles. The zero-order valence-electron chi connectivity index (χ0n) is 11.1. The number of carbonyl (C=O) groups is 1. The molecule has 0 saturated heterocycles. The molecule has 0 N–H and O–H groups in total. The molecule has 1 amide bonds. The van der Waals surface area contributed by atoms with E-state index in [1.165, 1.54) is 10.4 Å². The molecule has 0 aliphatic carbocycles. The van der Waals surface area contributed by atoms with Crippen LogP contribution in [0.25, 0.3) is 0 Å². The van der Waals surface area contributed by atoms with Crippen LogP contribution in [-0.4, -0.2) is 51.1 Å². The topological polar surface area (TPSA) is 48.0 Å². The summed E-state index contributed by atoms with van der Waals surface area (Å²) in [6.07, 6.45) is 0.660. The Labute approximate surface area is 117 Å². The fraction of sp³-hybridized carbons (Fsp3) is 0.615. The highest BCUT2D eigenvalue weighted by molar-refractivity contribution is 7.10. The molecule has 1 aromatic rings. The highest BCUT2D eigenvalue weighted by Crippen LogP contribution is 2.24. The van der Waals surface area contributed by atoms with Crippen molar-refractivity contribution in [2.24, 2.45) is 0 Å². The monoisotopic (exact) mass is 285 g/mol. The summed E-state index contributed by atoms with van der Waals surface area (Å²) in [7, 11) is 1.62. The Kier molecular flexibility index (Phi) is 5.62. The van der Waals surface area contributed by atoms with E-state index in [1.54, 1.807) is 23.3 Å². The van der Waals surface area contributed by atoms with Gasteiger partial charge in [0, 0.05) is 18.5 Å². The summed E-state index contributed by atoms with van der Waals surface area (Å²) in [5, 5.41) is 2.07. The molecule has 1 aromatic heterocycles. The molecular weight excluding hydrogens is 266 g/mol. The molecule has 0 atom stereocenters. The smallest absolute Gasteiger partial charge is 0.410 e. The van der Waals surface area contributed by atoms with E-state index in [4.69, 9.17) is 14.2 Å². The minimum Gasteiger partial charge on any atom is -0.447 e. The minimum absolute atomic E-state index is 0.255. The predicted molar refractivity (Wildman–Crippen MR) is 72.5 cm³/mol. The third-order valence-electron chi connectivity index (χ3n) is 2.97. The maximum atomic E-state index is 11.8. The van der Waals surface area contributed by atoms with Crippen molar-refractivity contribution in [2.75, 3.05) is 40.1 Å². The lowest BCUT2D eigenvalue weighted by Crippen LogP contribution is -2.36. The predicted octanol–water partition coefficient (Wildman–Crippen LogP) is 1.91. The molecular formula is C13H19NO4S. The van der Waals surface area contributed by atoms with Crippen molar-refractivity contribution in [1.29, 1.82) is 0 Å². The molecule has 0 saturated carbocycles. The van der Waals surface area contributed by atoms with Gasteiger partial charge in [0.05, 0.1) is 26.4 Å². The lowest BCUT2D eigenvalue weighted by molar-refractivity contribution is 0.0321. The van der Waals surface area contributed by atoms with Crippen molar-refractivity contribution in [2.45, 2.75) is 13.0 Å². The number of amides is 1. The second kappa shape index (κ2) is 7.47. The van der Waals surface area contributed by atoms with Crippen LogP contribution in [0.4, 0.5) is 4.79 Å². The van der Waals surface area contributed by atoms with Gasteiger partial charge in [0.15, 0.2) is 0 Å². The van der Waals surface area contributed by atoms with Gasteiger partial charge in [-0.15, -0.1) is 11.3 Å². The fourth-order valence-corrected chi connectivity index (χ4v) is 2.86. The molecule has 0 radical (unpaired) electrons. The van der Waals surface area contributed by atoms with Gasteiger partial charge in [-0.2, -0.15) is 0 Å². The zero-order chi connectivity index (χ0) is 13.5. The fourth-order valence-electron chi connectivity index (χ4n) is 1.92. The van der Waals surface area contributed by atoms with E-state index in [1.807, 2.05) is 0 Å². The van der Waals surface area contributed by atoms with Crippen molar-refractivity contribution >= 4 is 17.4 Å². The summed E-state index contributed by atoms with van der Waals surface area (Å²) in [4.78, 5) is 14.9. The summed E-state index contributed by atoms with van der Waals surface area (Å²) in [5.74, 6) is 0. The van der Waals surface area contributed by atoms with Crippen molar-refractivity contribution in [3.05, 3.63) is 21.9 Å². The number of thiophene rings is 1. The van der Waals surface area contributed by atoms with Crippen LogP contribution in [-0.2, 0) is 27.2 Å². The second-order valence-corrected chi connectivity index (χ2v) is 5.26. The average molecular weight is 285 g/mol. The Bertz CT molecular complexity index is 407. The van der Waals surface area contributed by atoms with Crippen LogP contribution >= 0.6 is 11.3 Å². The molecule has 0 bridgehead atoms. The molecule has 1 aliphatic heterocycles. The van der Waals surface area contributed by atoms with Gasteiger partial charge >= 0.3 is 6.09 Å². The Balaban J connectivity index is 1.64. The van der Waals surface area contributed by atoms with E-state index in [2.05, 4.69) is 11.4 Å². The van der Waals surface area contributed by atoms with Gasteiger partial charge in [-0.25, -0.2) is 4.79 Å². The highest BCUT2D eigenvalue weighted by Gasteiger charge is 2.22. The van der Waals surface area contributed by atoms with Gasteiger partial charge < -0.3 is 19.1 Å². The molecule has 2 rings (SSSR count). The minimum atomic E-state index is -0.255. The summed E-state index contributed by atoms with van der Waals surface area (Å²) in [6.45, 7) is 3.17. The molecule has 6 heteroatoms. The van der Waals surface area contributed by atoms with E-state index < -0.39 is 0 Å². The normalized spacial score (nSPS) is 14.3. The van der Waals surface area contributed by atoms with Crippen LogP contribution in [0.3, 0.4) is 0 Å². The lowest BCUT2D eigenvalue weighted by Gasteiger charge is -2.26. The van der Waals surface area contributed by atoms with E-state index in [0.29, 0.717) is 26.4 Å². The molecule has 19 heavy (non-hydrogen) atoms. The molecule has 0 unspecified atom stereocenters. The molecule has 0 fully saturated rings. The van der Waals surface area contributed by atoms with E-state index in [-0.39, 0.29) is 12.7 Å². The molecule has 1 aliphatic rings. The van der Waals surface area contributed by atoms with Crippen molar-refractivity contribution < 1.29 is 19.0 Å². The first-order valence-corrected chi connectivity index (χ1v) is 7.23. The van der Waals surface area contributed by atoms with E-state index >= 15 is 0 Å². The number of fused-ring (bicyclic) bond motifs is 1. The average Bonchev–Trinajstić information content (AvgIpc) is 2.89. The van der Waals surface area contributed by atoms with Crippen molar-refractivity contribution in [3.63, 3.8) is 0 Å². The molecule has 2 heterocycles. The Hall–Kier alpha value is -1.11. The standard InChI is InChI=1S/C13H19NO4S/c1-16-5-6-17-7-8-18-13(15)14-4-2-11-3-9-19-12(11)10-14/h3,9H,2,4-8,10H2,1H3. The van der Waals surface area contributed by atoms with Crippen LogP contribution < -0.4 is 0 Å². The number of hydrogen-bond donors (Lipinski definition) is 0. The van der Waals surface area contributed by atoms with Crippen molar-refractivity contribution in [3.8, 4) is 0 Å². The van der Waals surface area contributed by atoms with E-state index in [9.17, 15) is 4.79 Å². The Morgan fingerprint density at radius 1 is 1.37 bits per heavy atom. The first-order chi connectivity index (χ1) is 9.31. The quantitative estimate of drug-likeness (QED) is 0.749. The Morgan fingerprint density at radius 3 is 3.05 bits per heavy atom. The van der Waals surface area contributed by atoms with E-state index in [0.717, 1.165) is 13.0 Å². The van der Waals surface area contributed by atoms with Gasteiger partial charge in [-0.05, 0) is 23.4 Å². The first-order valence-electron chi connectivity index (χ1n) is 6.35. The number of nitrogens with zero attached hydrogens (tertiary/aromatic N) is 1. The maximum Gasteiger partial charge on any atom is 0.410 e. The number of rotatable bonds is 6. The lowest BCUT2D eigenvalue weighted by atomic mass is 10.1. The first kappa shape index (κ1) is 14.3. The number of carbonyl (C=O) groups excluding carboxylic acids is 1. The summed E-state index contributed by atoms with van der Waals surface area (Å²) in [5.41, 5.74) is 1.36. The summed E-state index contributed by atoms with van der Waals surface area (Å²) >= 11 is 1.70. The number of methoxy groups -OCH3 is 1. The molecule has 0 spiro atoms. The Morgan fingerprint density at radius 2 is 2.21 bits per heavy atom.